The Morgan fingerprint density at radius 1 is 0.762 bits per heavy atom. The van der Waals surface area contributed by atoms with Crippen molar-refractivity contribution in [1.82, 2.24) is 5.32 Å². The third kappa shape index (κ3) is 14.7. The minimum Gasteiger partial charge on any atom is -0.316 e. The lowest BCUT2D eigenvalue weighted by molar-refractivity contribution is 0.382. The summed E-state index contributed by atoms with van der Waals surface area (Å²) in [5.41, 5.74) is 0. The van der Waals surface area contributed by atoms with Crippen LogP contribution < -0.4 is 5.32 Å². The third-order valence-electron chi connectivity index (χ3n) is 4.52. The molecule has 0 aromatic carbocycles. The maximum absolute atomic E-state index is 3.71. The molecule has 0 rings (SSSR count). The summed E-state index contributed by atoms with van der Waals surface area (Å²) in [6.07, 6.45) is 13.9. The molecule has 0 radical (unpaired) electrons. The van der Waals surface area contributed by atoms with Crippen molar-refractivity contribution in [2.75, 3.05) is 13.1 Å². The van der Waals surface area contributed by atoms with Crippen LogP contribution in [-0.2, 0) is 0 Å². The van der Waals surface area contributed by atoms with Crippen LogP contribution in [0.15, 0.2) is 0 Å². The third-order valence-corrected chi connectivity index (χ3v) is 4.52. The van der Waals surface area contributed by atoms with Crippen LogP contribution in [0.1, 0.15) is 98.8 Å². The zero-order valence-corrected chi connectivity index (χ0v) is 15.7. The van der Waals surface area contributed by atoms with Gasteiger partial charge in [-0.3, -0.25) is 0 Å². The van der Waals surface area contributed by atoms with E-state index in [1.54, 1.807) is 0 Å². The molecule has 0 saturated heterocycles. The SMILES string of the molecule is CCCCCC(CCC)CNCCCCC(C)CC(C)C. The fourth-order valence-corrected chi connectivity index (χ4v) is 3.41. The molecule has 21 heavy (non-hydrogen) atoms. The summed E-state index contributed by atoms with van der Waals surface area (Å²) in [6, 6.07) is 0. The van der Waals surface area contributed by atoms with E-state index in [0.29, 0.717) is 0 Å². The van der Waals surface area contributed by atoms with Gasteiger partial charge in [-0.25, -0.2) is 0 Å². The number of rotatable bonds is 15. The molecule has 2 unspecified atom stereocenters. The molecule has 0 saturated carbocycles. The Hall–Kier alpha value is -0.0400. The molecule has 0 fully saturated rings. The van der Waals surface area contributed by atoms with Crippen molar-refractivity contribution in [2.45, 2.75) is 98.8 Å². The molecule has 2 atom stereocenters. The van der Waals surface area contributed by atoms with Crippen molar-refractivity contribution in [3.05, 3.63) is 0 Å². The van der Waals surface area contributed by atoms with E-state index in [1.165, 1.54) is 77.3 Å². The average Bonchev–Trinajstić information content (AvgIpc) is 2.42. The van der Waals surface area contributed by atoms with E-state index in [1.807, 2.05) is 0 Å². The standard InChI is InChI=1S/C20H43N/c1-6-8-9-14-20(12-7-2)17-21-15-11-10-13-19(5)16-18(3)4/h18-21H,6-17H2,1-5H3. The van der Waals surface area contributed by atoms with E-state index in [2.05, 4.69) is 39.9 Å². The van der Waals surface area contributed by atoms with Crippen LogP contribution >= 0.6 is 0 Å². The number of hydrogen-bond donors (Lipinski definition) is 1. The monoisotopic (exact) mass is 297 g/mol. The Morgan fingerprint density at radius 2 is 1.48 bits per heavy atom. The first-order valence-corrected chi connectivity index (χ1v) is 9.80. The molecule has 0 aliphatic rings. The Morgan fingerprint density at radius 3 is 2.10 bits per heavy atom. The summed E-state index contributed by atoms with van der Waals surface area (Å²) in [5, 5.41) is 3.71. The molecular weight excluding hydrogens is 254 g/mol. The minimum absolute atomic E-state index is 0.857. The van der Waals surface area contributed by atoms with Gasteiger partial charge in [0.05, 0.1) is 0 Å². The fourth-order valence-electron chi connectivity index (χ4n) is 3.41. The smallest absolute Gasteiger partial charge is 0.00205 e. The van der Waals surface area contributed by atoms with Crippen molar-refractivity contribution in [3.8, 4) is 0 Å². The number of hydrogen-bond acceptors (Lipinski definition) is 1. The average molecular weight is 298 g/mol. The number of nitrogens with one attached hydrogen (secondary N) is 1. The Balaban J connectivity index is 3.52. The largest absolute Gasteiger partial charge is 0.316 e. The highest BCUT2D eigenvalue weighted by atomic mass is 14.8. The van der Waals surface area contributed by atoms with E-state index in [-0.39, 0.29) is 0 Å². The van der Waals surface area contributed by atoms with Gasteiger partial charge in [0.15, 0.2) is 0 Å². The lowest BCUT2D eigenvalue weighted by Crippen LogP contribution is -2.24. The summed E-state index contributed by atoms with van der Waals surface area (Å²) in [7, 11) is 0. The van der Waals surface area contributed by atoms with E-state index < -0.39 is 0 Å². The quantitative estimate of drug-likeness (QED) is 0.344. The molecule has 128 valence electrons. The maximum atomic E-state index is 3.71. The lowest BCUT2D eigenvalue weighted by Gasteiger charge is -2.17. The highest BCUT2D eigenvalue weighted by molar-refractivity contribution is 4.63. The highest BCUT2D eigenvalue weighted by Crippen LogP contribution is 2.17. The summed E-state index contributed by atoms with van der Waals surface area (Å²) in [5.74, 6) is 2.68. The van der Waals surface area contributed by atoms with Crippen molar-refractivity contribution in [1.29, 1.82) is 0 Å². The first-order chi connectivity index (χ1) is 10.1. The molecule has 0 amide bonds. The van der Waals surface area contributed by atoms with Crippen molar-refractivity contribution >= 4 is 0 Å². The van der Waals surface area contributed by atoms with Gasteiger partial charge < -0.3 is 5.32 Å². The normalized spacial score (nSPS) is 14.6. The van der Waals surface area contributed by atoms with Gasteiger partial charge in [-0.1, -0.05) is 73.1 Å². The van der Waals surface area contributed by atoms with Crippen LogP contribution in [0.4, 0.5) is 0 Å². The minimum atomic E-state index is 0.857. The van der Waals surface area contributed by atoms with Gasteiger partial charge in [0.2, 0.25) is 0 Å². The zero-order chi connectivity index (χ0) is 15.9. The molecule has 0 aromatic heterocycles. The molecule has 0 spiro atoms. The van der Waals surface area contributed by atoms with E-state index in [0.717, 1.165) is 17.8 Å². The second-order valence-electron chi connectivity index (χ2n) is 7.59. The van der Waals surface area contributed by atoms with E-state index in [4.69, 9.17) is 0 Å². The van der Waals surface area contributed by atoms with E-state index in [9.17, 15) is 0 Å². The lowest BCUT2D eigenvalue weighted by atomic mass is 9.94. The number of unbranched alkanes of at least 4 members (excludes halogenated alkanes) is 3. The van der Waals surface area contributed by atoms with Gasteiger partial charge in [0.25, 0.3) is 0 Å². The fraction of sp³-hybridized carbons (Fsp3) is 1.00. The van der Waals surface area contributed by atoms with Crippen LogP contribution in [0.5, 0.6) is 0 Å². The van der Waals surface area contributed by atoms with Gasteiger partial charge in [0.1, 0.15) is 0 Å². The molecule has 0 aliphatic carbocycles. The molecule has 0 aromatic rings. The second-order valence-corrected chi connectivity index (χ2v) is 7.59. The van der Waals surface area contributed by atoms with Crippen molar-refractivity contribution < 1.29 is 0 Å². The molecule has 1 nitrogen and oxygen atoms in total. The van der Waals surface area contributed by atoms with Crippen LogP contribution in [0.2, 0.25) is 0 Å². The summed E-state index contributed by atoms with van der Waals surface area (Å²) in [4.78, 5) is 0. The first-order valence-electron chi connectivity index (χ1n) is 9.80. The van der Waals surface area contributed by atoms with Gasteiger partial charge in [-0.15, -0.1) is 0 Å². The molecule has 1 heteroatoms. The van der Waals surface area contributed by atoms with Crippen LogP contribution in [0, 0.1) is 17.8 Å². The predicted molar refractivity (Wildman–Crippen MR) is 97.9 cm³/mol. The molecular formula is C20H43N. The summed E-state index contributed by atoms with van der Waals surface area (Å²) in [6.45, 7) is 14.2. The Bertz CT molecular complexity index is 200. The zero-order valence-electron chi connectivity index (χ0n) is 15.7. The van der Waals surface area contributed by atoms with Crippen LogP contribution in [-0.4, -0.2) is 13.1 Å². The van der Waals surface area contributed by atoms with Crippen LogP contribution in [0.25, 0.3) is 0 Å². The highest BCUT2D eigenvalue weighted by Gasteiger charge is 2.07. The van der Waals surface area contributed by atoms with Crippen LogP contribution in [0.3, 0.4) is 0 Å². The van der Waals surface area contributed by atoms with E-state index >= 15 is 0 Å². The topological polar surface area (TPSA) is 12.0 Å². The van der Waals surface area contributed by atoms with Gasteiger partial charge in [-0.05, 0) is 56.5 Å². The molecule has 0 bridgehead atoms. The Kier molecular flexibility index (Phi) is 14.9. The van der Waals surface area contributed by atoms with Crippen molar-refractivity contribution in [3.63, 3.8) is 0 Å². The molecule has 0 aliphatic heterocycles. The van der Waals surface area contributed by atoms with Gasteiger partial charge in [0, 0.05) is 0 Å². The summed E-state index contributed by atoms with van der Waals surface area (Å²) >= 11 is 0. The molecule has 1 N–H and O–H groups in total. The maximum Gasteiger partial charge on any atom is -0.00205 e. The molecule has 0 heterocycles. The predicted octanol–water partition coefficient (Wildman–Crippen LogP) is 6.43. The van der Waals surface area contributed by atoms with Gasteiger partial charge >= 0.3 is 0 Å². The first kappa shape index (κ1) is 21.0. The summed E-state index contributed by atoms with van der Waals surface area (Å²) < 4.78 is 0. The Labute approximate surface area is 135 Å². The second kappa shape index (κ2) is 14.9. The van der Waals surface area contributed by atoms with Crippen molar-refractivity contribution in [2.24, 2.45) is 17.8 Å². The van der Waals surface area contributed by atoms with Gasteiger partial charge in [-0.2, -0.15) is 0 Å².